The standard InChI is InChI=1S/C14H11F3OS.C8H4ClF3O.C8H5F3O2.C6H8S/c1-8-7-12(9(2)19-8)13(18)10-3-5-11(6-4-10)14(15,16)17;9-7(13)5-1-3-6(4-2-5)8(10,11)12;9-8(10,11)6-3-1-5(2-4-6)7(12)13;1-5-3-4-6(2)7-5/h3-7H,1-2H3;1-4H;1-4H,(H,12,13);3-4H,1-2H3. The fourth-order valence-electron chi connectivity index (χ4n) is 3.97. The first-order valence-electron chi connectivity index (χ1n) is 14.5. The molecule has 0 atom stereocenters. The number of hydrogen-bond acceptors (Lipinski definition) is 5. The molecule has 0 aliphatic rings. The second-order valence-electron chi connectivity index (χ2n) is 10.6. The molecule has 4 nitrogen and oxygen atoms in total. The number of aryl methyl sites for hydroxylation is 4. The fourth-order valence-corrected chi connectivity index (χ4v) is 5.80. The number of thiophene rings is 2. The molecular weight excluding hydrogens is 767 g/mol. The van der Waals surface area contributed by atoms with Crippen molar-refractivity contribution in [3.8, 4) is 0 Å². The summed E-state index contributed by atoms with van der Waals surface area (Å²) in [4.78, 5) is 37.6. The highest BCUT2D eigenvalue weighted by Crippen LogP contribution is 2.31. The van der Waals surface area contributed by atoms with Crippen LogP contribution in [0.25, 0.3) is 0 Å². The highest BCUT2D eigenvalue weighted by molar-refractivity contribution is 7.12. The summed E-state index contributed by atoms with van der Waals surface area (Å²) in [7, 11) is 0. The summed E-state index contributed by atoms with van der Waals surface area (Å²) in [5.41, 5.74) is -1.67. The van der Waals surface area contributed by atoms with Crippen molar-refractivity contribution >= 4 is 51.3 Å². The van der Waals surface area contributed by atoms with E-state index in [1.54, 1.807) is 6.07 Å². The minimum absolute atomic E-state index is 0.0506. The van der Waals surface area contributed by atoms with Gasteiger partial charge in [0.15, 0.2) is 5.78 Å². The molecule has 0 saturated heterocycles. The fraction of sp³-hybridized carbons (Fsp3) is 0.194. The molecule has 5 rings (SSSR count). The Hall–Kier alpha value is -4.47. The molecule has 0 fully saturated rings. The average molecular weight is 795 g/mol. The largest absolute Gasteiger partial charge is 0.478 e. The van der Waals surface area contributed by atoms with Crippen LogP contribution < -0.4 is 0 Å². The molecule has 0 amide bonds. The second-order valence-corrected chi connectivity index (χ2v) is 13.9. The molecule has 3 aromatic carbocycles. The van der Waals surface area contributed by atoms with Crippen LogP contribution in [0.1, 0.15) is 72.8 Å². The molecule has 2 heterocycles. The molecule has 2 aromatic heterocycles. The van der Waals surface area contributed by atoms with E-state index in [1.165, 1.54) is 33.2 Å². The van der Waals surface area contributed by atoms with E-state index in [0.717, 1.165) is 70.4 Å². The summed E-state index contributed by atoms with van der Waals surface area (Å²) >= 11 is 8.39. The summed E-state index contributed by atoms with van der Waals surface area (Å²) in [5, 5.41) is 7.63. The van der Waals surface area contributed by atoms with Crippen molar-refractivity contribution in [3.05, 3.63) is 149 Å². The maximum absolute atomic E-state index is 12.4. The number of carboxylic acid groups (broad SMARTS) is 1. The van der Waals surface area contributed by atoms with Crippen molar-refractivity contribution in [2.45, 2.75) is 46.2 Å². The van der Waals surface area contributed by atoms with Gasteiger partial charge in [0.05, 0.1) is 22.3 Å². The smallest absolute Gasteiger partial charge is 0.416 e. The average Bonchev–Trinajstić information content (AvgIpc) is 3.61. The lowest BCUT2D eigenvalue weighted by molar-refractivity contribution is -0.138. The van der Waals surface area contributed by atoms with Crippen molar-refractivity contribution in [1.29, 1.82) is 0 Å². The molecule has 1 N–H and O–H groups in total. The van der Waals surface area contributed by atoms with E-state index in [-0.39, 0.29) is 22.5 Å². The van der Waals surface area contributed by atoms with E-state index in [4.69, 9.17) is 16.7 Å². The zero-order chi connectivity index (χ0) is 39.6. The lowest BCUT2D eigenvalue weighted by Crippen LogP contribution is -2.06. The van der Waals surface area contributed by atoms with Gasteiger partial charge in [-0.1, -0.05) is 12.1 Å². The SMILES string of the molecule is Cc1cc(C(=O)c2ccc(C(F)(F)F)cc2)c(C)s1.Cc1ccc(C)s1.O=C(Cl)c1ccc(C(F)(F)F)cc1.O=C(O)c1ccc(C(F)(F)F)cc1. The third kappa shape index (κ3) is 13.9. The zero-order valence-electron chi connectivity index (χ0n) is 27.4. The number of alkyl halides is 9. The maximum atomic E-state index is 12.4. The first-order chi connectivity index (χ1) is 23.9. The first kappa shape index (κ1) is 43.7. The molecule has 0 spiro atoms. The van der Waals surface area contributed by atoms with Crippen molar-refractivity contribution in [2.75, 3.05) is 0 Å². The molecule has 16 heteroatoms. The van der Waals surface area contributed by atoms with Gasteiger partial charge in [-0.3, -0.25) is 9.59 Å². The minimum Gasteiger partial charge on any atom is -0.478 e. The van der Waals surface area contributed by atoms with Crippen LogP contribution in [0.4, 0.5) is 39.5 Å². The highest BCUT2D eigenvalue weighted by Gasteiger charge is 2.31. The number of hydrogen-bond donors (Lipinski definition) is 1. The zero-order valence-corrected chi connectivity index (χ0v) is 29.8. The predicted molar refractivity (Wildman–Crippen MR) is 182 cm³/mol. The predicted octanol–water partition coefficient (Wildman–Crippen LogP) is 12.5. The Morgan fingerprint density at radius 3 is 1.12 bits per heavy atom. The van der Waals surface area contributed by atoms with Gasteiger partial charge in [0.25, 0.3) is 5.24 Å². The number of halogens is 10. The number of ketones is 1. The molecule has 0 saturated carbocycles. The van der Waals surface area contributed by atoms with E-state index < -0.39 is 46.4 Å². The summed E-state index contributed by atoms with van der Waals surface area (Å²) in [6.45, 7) is 7.96. The minimum atomic E-state index is -4.42. The molecule has 52 heavy (non-hydrogen) atoms. The first-order valence-corrected chi connectivity index (χ1v) is 16.5. The Kier molecular flexibility index (Phi) is 15.4. The highest BCUT2D eigenvalue weighted by atomic mass is 35.5. The molecule has 0 aliphatic carbocycles. The van der Waals surface area contributed by atoms with Gasteiger partial charge in [-0.25, -0.2) is 4.79 Å². The van der Waals surface area contributed by atoms with Crippen LogP contribution in [0.5, 0.6) is 0 Å². The third-order valence-corrected chi connectivity index (χ3v) is 8.63. The molecule has 278 valence electrons. The topological polar surface area (TPSA) is 71.4 Å². The normalized spacial score (nSPS) is 11.2. The number of carboxylic acids is 1. The summed E-state index contributed by atoms with van der Waals surface area (Å²) in [6.07, 6.45) is -13.2. The molecule has 5 aromatic rings. The van der Waals surface area contributed by atoms with Crippen LogP contribution in [0.3, 0.4) is 0 Å². The van der Waals surface area contributed by atoms with Crippen LogP contribution in [0.2, 0.25) is 0 Å². The number of benzene rings is 3. The lowest BCUT2D eigenvalue weighted by atomic mass is 10.0. The third-order valence-electron chi connectivity index (χ3n) is 6.53. The van der Waals surface area contributed by atoms with Gasteiger partial charge in [-0.05, 0) is 118 Å². The van der Waals surface area contributed by atoms with Gasteiger partial charge in [-0.15, -0.1) is 22.7 Å². The monoisotopic (exact) mass is 794 g/mol. The van der Waals surface area contributed by atoms with Gasteiger partial charge < -0.3 is 5.11 Å². The van der Waals surface area contributed by atoms with Crippen molar-refractivity contribution in [1.82, 2.24) is 0 Å². The molecular formula is C36H28ClF9O4S2. The van der Waals surface area contributed by atoms with Gasteiger partial charge >= 0.3 is 24.5 Å². The summed E-state index contributed by atoms with van der Waals surface area (Å²) in [5.74, 6) is -1.48. The van der Waals surface area contributed by atoms with E-state index in [1.807, 2.05) is 25.2 Å². The van der Waals surface area contributed by atoms with Crippen molar-refractivity contribution in [3.63, 3.8) is 0 Å². The Labute approximate surface area is 305 Å². The number of aromatic carboxylic acids is 1. The van der Waals surface area contributed by atoms with Crippen molar-refractivity contribution in [2.24, 2.45) is 0 Å². The van der Waals surface area contributed by atoms with Gasteiger partial charge in [-0.2, -0.15) is 39.5 Å². The second kappa shape index (κ2) is 18.3. The van der Waals surface area contributed by atoms with Gasteiger partial charge in [0.2, 0.25) is 0 Å². The van der Waals surface area contributed by atoms with E-state index in [0.29, 0.717) is 5.56 Å². The molecule has 0 aliphatic heterocycles. The van der Waals surface area contributed by atoms with E-state index >= 15 is 0 Å². The molecule has 0 unspecified atom stereocenters. The van der Waals surface area contributed by atoms with Crippen LogP contribution in [0, 0.1) is 27.7 Å². The van der Waals surface area contributed by atoms with Gasteiger partial charge in [0.1, 0.15) is 0 Å². The lowest BCUT2D eigenvalue weighted by Gasteiger charge is -2.07. The summed E-state index contributed by atoms with van der Waals surface area (Å²) in [6, 6.07) is 17.4. The molecule has 0 radical (unpaired) electrons. The number of carbonyl (C=O) groups excluding carboxylic acids is 2. The van der Waals surface area contributed by atoms with E-state index in [9.17, 15) is 53.9 Å². The Balaban J connectivity index is 0.000000252. The Bertz CT molecular complexity index is 1860. The Morgan fingerprint density at radius 1 is 0.519 bits per heavy atom. The summed E-state index contributed by atoms with van der Waals surface area (Å²) < 4.78 is 109. The number of rotatable bonds is 4. The van der Waals surface area contributed by atoms with Crippen LogP contribution in [-0.2, 0) is 18.5 Å². The van der Waals surface area contributed by atoms with Gasteiger partial charge in [0, 0.05) is 36.2 Å². The van der Waals surface area contributed by atoms with E-state index in [2.05, 4.69) is 26.0 Å². The van der Waals surface area contributed by atoms with Crippen LogP contribution in [-0.4, -0.2) is 22.1 Å². The van der Waals surface area contributed by atoms with Crippen LogP contribution in [0.15, 0.2) is 91.0 Å². The Morgan fingerprint density at radius 2 is 0.865 bits per heavy atom. The van der Waals surface area contributed by atoms with Crippen LogP contribution >= 0.6 is 34.3 Å². The number of carbonyl (C=O) groups is 3. The van der Waals surface area contributed by atoms with Crippen molar-refractivity contribution < 1.29 is 59.0 Å². The maximum Gasteiger partial charge on any atom is 0.416 e. The molecule has 0 bridgehead atoms. The quantitative estimate of drug-likeness (QED) is 0.112.